The quantitative estimate of drug-likeness (QED) is 0.613. The van der Waals surface area contributed by atoms with Gasteiger partial charge in [0.2, 0.25) is 0 Å². The molecule has 0 radical (unpaired) electrons. The summed E-state index contributed by atoms with van der Waals surface area (Å²) in [5.74, 6) is 0.393. The van der Waals surface area contributed by atoms with Crippen molar-refractivity contribution in [3.8, 4) is 0 Å². The van der Waals surface area contributed by atoms with Crippen LogP contribution in [-0.2, 0) is 4.79 Å². The van der Waals surface area contributed by atoms with E-state index in [0.717, 1.165) is 11.1 Å². The molecule has 0 aliphatic heterocycles. The summed E-state index contributed by atoms with van der Waals surface area (Å²) >= 11 is 0. The maximum Gasteiger partial charge on any atom is 0.182 e. The molecule has 0 N–H and O–H groups in total. The lowest BCUT2D eigenvalue weighted by molar-refractivity contribution is -0.111. The summed E-state index contributed by atoms with van der Waals surface area (Å²) in [5, 5.41) is 0. The van der Waals surface area contributed by atoms with Crippen molar-refractivity contribution in [2.45, 2.75) is 6.92 Å². The van der Waals surface area contributed by atoms with E-state index in [9.17, 15) is 4.79 Å². The summed E-state index contributed by atoms with van der Waals surface area (Å²) in [6.45, 7) is 2.04. The minimum absolute atomic E-state index is 0.140. The number of allylic oxidation sites excluding steroid dienone is 3. The normalized spacial score (nSPS) is 23.4. The Labute approximate surface area is 83.8 Å². The summed E-state index contributed by atoms with van der Waals surface area (Å²) < 4.78 is 0. The standard InChI is InChI=1S/C13H12O/c1-10-7-8-13(14)12(10)9-11-5-3-2-4-6-11/h2-10H,1H3/b12-9+/t10-/m0/s1. The molecule has 0 unspecified atom stereocenters. The molecule has 2 rings (SSSR count). The molecule has 0 amide bonds. The highest BCUT2D eigenvalue weighted by Crippen LogP contribution is 2.23. The van der Waals surface area contributed by atoms with Crippen molar-refractivity contribution in [1.29, 1.82) is 0 Å². The first-order chi connectivity index (χ1) is 6.77. The van der Waals surface area contributed by atoms with Gasteiger partial charge in [0, 0.05) is 11.5 Å². The maximum atomic E-state index is 11.4. The van der Waals surface area contributed by atoms with Gasteiger partial charge in [-0.25, -0.2) is 0 Å². The van der Waals surface area contributed by atoms with E-state index >= 15 is 0 Å². The minimum atomic E-state index is 0.140. The van der Waals surface area contributed by atoms with Crippen molar-refractivity contribution in [3.63, 3.8) is 0 Å². The van der Waals surface area contributed by atoms with Gasteiger partial charge in [-0.05, 0) is 17.7 Å². The third-order valence-electron chi connectivity index (χ3n) is 2.43. The zero-order valence-corrected chi connectivity index (χ0v) is 8.10. The van der Waals surface area contributed by atoms with E-state index in [1.165, 1.54) is 0 Å². The average molecular weight is 184 g/mol. The van der Waals surface area contributed by atoms with E-state index in [2.05, 4.69) is 0 Å². The van der Waals surface area contributed by atoms with Gasteiger partial charge in [0.05, 0.1) is 0 Å². The molecule has 1 atom stereocenters. The van der Waals surface area contributed by atoms with E-state index in [0.29, 0.717) is 0 Å². The molecule has 14 heavy (non-hydrogen) atoms. The van der Waals surface area contributed by atoms with Crippen molar-refractivity contribution in [1.82, 2.24) is 0 Å². The van der Waals surface area contributed by atoms with Crippen molar-refractivity contribution in [2.75, 3.05) is 0 Å². The van der Waals surface area contributed by atoms with Crippen LogP contribution < -0.4 is 0 Å². The van der Waals surface area contributed by atoms with E-state index in [4.69, 9.17) is 0 Å². The third kappa shape index (κ3) is 1.67. The van der Waals surface area contributed by atoms with Gasteiger partial charge in [-0.1, -0.05) is 43.3 Å². The molecular weight excluding hydrogens is 172 g/mol. The highest BCUT2D eigenvalue weighted by Gasteiger charge is 2.18. The molecule has 1 heteroatoms. The molecule has 0 bridgehead atoms. The topological polar surface area (TPSA) is 17.1 Å². The zero-order valence-electron chi connectivity index (χ0n) is 8.10. The second-order valence-corrected chi connectivity index (χ2v) is 3.52. The Morgan fingerprint density at radius 2 is 1.93 bits per heavy atom. The van der Waals surface area contributed by atoms with Crippen LogP contribution >= 0.6 is 0 Å². The van der Waals surface area contributed by atoms with Crippen molar-refractivity contribution < 1.29 is 4.79 Å². The molecule has 0 aromatic heterocycles. The lowest BCUT2D eigenvalue weighted by atomic mass is 10.0. The number of hydrogen-bond donors (Lipinski definition) is 0. The summed E-state index contributed by atoms with van der Waals surface area (Å²) in [5.41, 5.74) is 1.97. The predicted molar refractivity (Wildman–Crippen MR) is 57.7 cm³/mol. The van der Waals surface area contributed by atoms with E-state index in [1.54, 1.807) is 6.08 Å². The van der Waals surface area contributed by atoms with Gasteiger partial charge < -0.3 is 0 Å². The molecule has 0 fully saturated rings. The highest BCUT2D eigenvalue weighted by molar-refractivity contribution is 6.10. The monoisotopic (exact) mass is 184 g/mol. The second-order valence-electron chi connectivity index (χ2n) is 3.52. The van der Waals surface area contributed by atoms with Crippen LogP contribution in [0.25, 0.3) is 6.08 Å². The Morgan fingerprint density at radius 3 is 2.50 bits per heavy atom. The lowest BCUT2D eigenvalue weighted by Gasteiger charge is -2.02. The Balaban J connectivity index is 2.32. The van der Waals surface area contributed by atoms with Crippen molar-refractivity contribution in [2.24, 2.45) is 5.92 Å². The molecule has 0 saturated heterocycles. The Morgan fingerprint density at radius 1 is 1.21 bits per heavy atom. The Bertz CT molecular complexity index is 399. The van der Waals surface area contributed by atoms with Gasteiger partial charge >= 0.3 is 0 Å². The van der Waals surface area contributed by atoms with Crippen LogP contribution in [-0.4, -0.2) is 5.78 Å². The number of rotatable bonds is 1. The van der Waals surface area contributed by atoms with Gasteiger partial charge in [0.15, 0.2) is 5.78 Å². The average Bonchev–Trinajstić information content (AvgIpc) is 2.51. The summed E-state index contributed by atoms with van der Waals surface area (Å²) in [4.78, 5) is 11.4. The zero-order chi connectivity index (χ0) is 9.97. The van der Waals surface area contributed by atoms with Gasteiger partial charge in [-0.3, -0.25) is 4.79 Å². The number of carbonyl (C=O) groups is 1. The van der Waals surface area contributed by atoms with Crippen LogP contribution in [0.3, 0.4) is 0 Å². The molecular formula is C13H12O. The third-order valence-corrected chi connectivity index (χ3v) is 2.43. The first-order valence-corrected chi connectivity index (χ1v) is 4.76. The van der Waals surface area contributed by atoms with Crippen LogP contribution in [0.5, 0.6) is 0 Å². The summed E-state index contributed by atoms with van der Waals surface area (Å²) in [6, 6.07) is 9.94. The largest absolute Gasteiger partial charge is 0.290 e. The molecule has 1 aromatic rings. The summed E-state index contributed by atoms with van der Waals surface area (Å²) in [7, 11) is 0. The van der Waals surface area contributed by atoms with Gasteiger partial charge in [-0.2, -0.15) is 0 Å². The Hall–Kier alpha value is -1.63. The molecule has 1 aromatic carbocycles. The fourth-order valence-corrected chi connectivity index (χ4v) is 1.59. The van der Waals surface area contributed by atoms with Crippen LogP contribution in [0, 0.1) is 5.92 Å². The van der Waals surface area contributed by atoms with Gasteiger partial charge in [-0.15, -0.1) is 0 Å². The minimum Gasteiger partial charge on any atom is -0.290 e. The molecule has 0 heterocycles. The van der Waals surface area contributed by atoms with E-state index in [1.807, 2.05) is 49.4 Å². The van der Waals surface area contributed by atoms with Gasteiger partial charge in [0.1, 0.15) is 0 Å². The second kappa shape index (κ2) is 3.62. The lowest BCUT2D eigenvalue weighted by Crippen LogP contribution is -1.98. The fraction of sp³-hybridized carbons (Fsp3) is 0.154. The maximum absolute atomic E-state index is 11.4. The number of carbonyl (C=O) groups excluding carboxylic acids is 1. The van der Waals surface area contributed by atoms with E-state index < -0.39 is 0 Å². The fourth-order valence-electron chi connectivity index (χ4n) is 1.59. The molecule has 0 saturated carbocycles. The molecule has 1 aliphatic carbocycles. The van der Waals surface area contributed by atoms with Gasteiger partial charge in [0.25, 0.3) is 0 Å². The molecule has 1 aliphatic rings. The van der Waals surface area contributed by atoms with Crippen molar-refractivity contribution in [3.05, 3.63) is 53.6 Å². The molecule has 70 valence electrons. The highest BCUT2D eigenvalue weighted by atomic mass is 16.1. The SMILES string of the molecule is C[C@H]1C=CC(=O)/C1=C/c1ccccc1. The van der Waals surface area contributed by atoms with Crippen LogP contribution in [0.4, 0.5) is 0 Å². The van der Waals surface area contributed by atoms with Crippen molar-refractivity contribution >= 4 is 11.9 Å². The van der Waals surface area contributed by atoms with E-state index in [-0.39, 0.29) is 11.7 Å². The number of ketones is 1. The first kappa shape index (κ1) is 8.95. The predicted octanol–water partition coefficient (Wildman–Crippen LogP) is 2.85. The smallest absolute Gasteiger partial charge is 0.182 e. The Kier molecular flexibility index (Phi) is 2.32. The molecule has 0 spiro atoms. The van der Waals surface area contributed by atoms with Crippen LogP contribution in [0.1, 0.15) is 12.5 Å². The van der Waals surface area contributed by atoms with Crippen LogP contribution in [0.15, 0.2) is 48.1 Å². The summed E-state index contributed by atoms with van der Waals surface area (Å²) in [6.07, 6.45) is 5.56. The first-order valence-electron chi connectivity index (χ1n) is 4.76. The van der Waals surface area contributed by atoms with Crippen LogP contribution in [0.2, 0.25) is 0 Å². The molecule has 1 nitrogen and oxygen atoms in total. The number of benzene rings is 1. The number of hydrogen-bond acceptors (Lipinski definition) is 1.